The molecule has 0 saturated carbocycles. The fourth-order valence-corrected chi connectivity index (χ4v) is 4.85. The van der Waals surface area contributed by atoms with Crippen LogP contribution in [-0.4, -0.2) is 39.7 Å². The number of nitrogens with one attached hydrogen (secondary N) is 1. The van der Waals surface area contributed by atoms with E-state index >= 15 is 0 Å². The molecule has 0 spiro atoms. The predicted molar refractivity (Wildman–Crippen MR) is 110 cm³/mol. The van der Waals surface area contributed by atoms with Crippen LogP contribution in [0.25, 0.3) is 0 Å². The van der Waals surface area contributed by atoms with E-state index in [1.807, 2.05) is 0 Å². The molecule has 3 rings (SSSR count). The van der Waals surface area contributed by atoms with E-state index in [1.54, 1.807) is 42.5 Å². The lowest BCUT2D eigenvalue weighted by Gasteiger charge is -2.20. The van der Waals surface area contributed by atoms with Crippen molar-refractivity contribution < 1.29 is 22.7 Å². The Morgan fingerprint density at radius 2 is 1.93 bits per heavy atom. The molecular formula is C20H21ClN2O5S. The SMILES string of the molecule is COC(=O)C[C@H](NC(=O)c1cccc(N2CCCS2(=O)=O)c1)c1ccc(Cl)cc1. The molecule has 0 bridgehead atoms. The number of carbonyl (C=O) groups is 2. The number of benzene rings is 2. The largest absolute Gasteiger partial charge is 0.469 e. The van der Waals surface area contributed by atoms with Crippen molar-refractivity contribution in [2.75, 3.05) is 23.7 Å². The molecule has 2 aromatic carbocycles. The molecule has 29 heavy (non-hydrogen) atoms. The minimum absolute atomic E-state index is 0.0515. The minimum Gasteiger partial charge on any atom is -0.469 e. The van der Waals surface area contributed by atoms with Crippen LogP contribution in [0.2, 0.25) is 5.02 Å². The van der Waals surface area contributed by atoms with Crippen LogP contribution in [0.15, 0.2) is 48.5 Å². The fraction of sp³-hybridized carbons (Fsp3) is 0.300. The molecule has 1 saturated heterocycles. The number of rotatable bonds is 6. The Bertz CT molecular complexity index is 1010. The predicted octanol–water partition coefficient (Wildman–Crippen LogP) is 2.91. The van der Waals surface area contributed by atoms with E-state index in [-0.39, 0.29) is 12.2 Å². The van der Waals surface area contributed by atoms with Crippen molar-refractivity contribution in [3.05, 3.63) is 64.7 Å². The van der Waals surface area contributed by atoms with Crippen molar-refractivity contribution in [1.29, 1.82) is 0 Å². The van der Waals surface area contributed by atoms with Crippen LogP contribution < -0.4 is 9.62 Å². The first-order chi connectivity index (χ1) is 13.8. The Hall–Kier alpha value is -2.58. The molecule has 1 aliphatic rings. The van der Waals surface area contributed by atoms with E-state index in [0.29, 0.717) is 34.8 Å². The lowest BCUT2D eigenvalue weighted by molar-refractivity contribution is -0.141. The molecular weight excluding hydrogens is 416 g/mol. The Morgan fingerprint density at radius 1 is 1.21 bits per heavy atom. The molecule has 0 aliphatic carbocycles. The normalized spacial score (nSPS) is 16.3. The zero-order valence-corrected chi connectivity index (χ0v) is 17.4. The monoisotopic (exact) mass is 436 g/mol. The van der Waals surface area contributed by atoms with Gasteiger partial charge in [0, 0.05) is 17.1 Å². The number of ether oxygens (including phenoxy) is 1. The maximum absolute atomic E-state index is 12.8. The second-order valence-electron chi connectivity index (χ2n) is 6.65. The summed E-state index contributed by atoms with van der Waals surface area (Å²) in [4.78, 5) is 24.6. The summed E-state index contributed by atoms with van der Waals surface area (Å²) >= 11 is 5.92. The standard InChI is InChI=1S/C20H21ClN2O5S/c1-28-19(24)13-18(14-6-8-16(21)9-7-14)22-20(25)15-4-2-5-17(12-15)23-10-3-11-29(23,26)27/h2,4-9,12,18H,3,10-11,13H2,1H3,(H,22,25)/t18-/m0/s1. The number of esters is 1. The van der Waals surface area contributed by atoms with E-state index in [4.69, 9.17) is 16.3 Å². The summed E-state index contributed by atoms with van der Waals surface area (Å²) in [6, 6.07) is 12.6. The second-order valence-corrected chi connectivity index (χ2v) is 9.10. The minimum atomic E-state index is -3.34. The number of nitrogens with zero attached hydrogens (tertiary/aromatic N) is 1. The summed E-state index contributed by atoms with van der Waals surface area (Å²) in [5.74, 6) is -0.796. The van der Waals surface area contributed by atoms with Crippen molar-refractivity contribution >= 4 is 39.2 Å². The summed E-state index contributed by atoms with van der Waals surface area (Å²) in [5, 5.41) is 3.36. The maximum atomic E-state index is 12.8. The van der Waals surface area contributed by atoms with Gasteiger partial charge < -0.3 is 10.1 Å². The number of halogens is 1. The van der Waals surface area contributed by atoms with Gasteiger partial charge in [-0.1, -0.05) is 29.8 Å². The first kappa shape index (κ1) is 21.1. The lowest BCUT2D eigenvalue weighted by Crippen LogP contribution is -2.31. The van der Waals surface area contributed by atoms with Crippen LogP contribution in [0.4, 0.5) is 5.69 Å². The summed E-state index contributed by atoms with van der Waals surface area (Å²) < 4.78 is 30.3. The van der Waals surface area contributed by atoms with Crippen LogP contribution in [0, 0.1) is 0 Å². The van der Waals surface area contributed by atoms with Crippen molar-refractivity contribution in [1.82, 2.24) is 5.32 Å². The highest BCUT2D eigenvalue weighted by molar-refractivity contribution is 7.93. The molecule has 0 aromatic heterocycles. The van der Waals surface area contributed by atoms with Gasteiger partial charge in [0.25, 0.3) is 5.91 Å². The van der Waals surface area contributed by atoms with Crippen molar-refractivity contribution in [2.24, 2.45) is 0 Å². The fourth-order valence-electron chi connectivity index (χ4n) is 3.17. The van der Waals surface area contributed by atoms with Crippen molar-refractivity contribution in [3.8, 4) is 0 Å². The molecule has 2 aromatic rings. The van der Waals surface area contributed by atoms with E-state index in [1.165, 1.54) is 17.5 Å². The second kappa shape index (κ2) is 8.84. The molecule has 1 fully saturated rings. The Labute approximate surface area is 174 Å². The van der Waals surface area contributed by atoms with Crippen molar-refractivity contribution in [3.63, 3.8) is 0 Å². The highest BCUT2D eigenvalue weighted by Gasteiger charge is 2.29. The highest BCUT2D eigenvalue weighted by atomic mass is 35.5. The third kappa shape index (κ3) is 5.07. The molecule has 1 heterocycles. The Kier molecular flexibility index (Phi) is 6.44. The van der Waals surface area contributed by atoms with Gasteiger partial charge >= 0.3 is 5.97 Å². The topological polar surface area (TPSA) is 92.8 Å². The molecule has 154 valence electrons. The average Bonchev–Trinajstić information content (AvgIpc) is 3.07. The van der Waals surface area contributed by atoms with E-state index < -0.39 is 27.9 Å². The van der Waals surface area contributed by atoms with Gasteiger partial charge in [-0.2, -0.15) is 0 Å². The van der Waals surface area contributed by atoms with Gasteiger partial charge in [0.1, 0.15) is 0 Å². The zero-order chi connectivity index (χ0) is 21.0. The third-order valence-corrected chi connectivity index (χ3v) is 6.79. The van der Waals surface area contributed by atoms with Gasteiger partial charge in [-0.3, -0.25) is 13.9 Å². The zero-order valence-electron chi connectivity index (χ0n) is 15.8. The number of anilines is 1. The molecule has 9 heteroatoms. The summed E-state index contributed by atoms with van der Waals surface area (Å²) in [7, 11) is -2.06. The molecule has 1 aliphatic heterocycles. The Balaban J connectivity index is 1.83. The van der Waals surface area contributed by atoms with Gasteiger partial charge in [-0.15, -0.1) is 0 Å². The maximum Gasteiger partial charge on any atom is 0.307 e. The number of carbonyl (C=O) groups excluding carboxylic acids is 2. The third-order valence-electron chi connectivity index (χ3n) is 4.67. The number of hydrogen-bond acceptors (Lipinski definition) is 5. The first-order valence-corrected chi connectivity index (χ1v) is 11.0. The number of amides is 1. The summed E-state index contributed by atoms with van der Waals surface area (Å²) in [6.45, 7) is 0.392. The van der Waals surface area contributed by atoms with Gasteiger partial charge in [0.2, 0.25) is 10.0 Å². The number of hydrogen-bond donors (Lipinski definition) is 1. The van der Waals surface area contributed by atoms with Crippen LogP contribution in [-0.2, 0) is 19.6 Å². The van der Waals surface area contributed by atoms with Gasteiger partial charge in [0.15, 0.2) is 0 Å². The smallest absolute Gasteiger partial charge is 0.307 e. The van der Waals surface area contributed by atoms with Gasteiger partial charge in [-0.25, -0.2) is 8.42 Å². The van der Waals surface area contributed by atoms with E-state index in [2.05, 4.69) is 5.32 Å². The summed E-state index contributed by atoms with van der Waals surface area (Å²) in [6.07, 6.45) is 0.501. The Morgan fingerprint density at radius 3 is 2.55 bits per heavy atom. The number of sulfonamides is 1. The molecule has 0 radical (unpaired) electrons. The molecule has 1 N–H and O–H groups in total. The molecule has 0 unspecified atom stereocenters. The van der Waals surface area contributed by atoms with E-state index in [0.717, 1.165) is 0 Å². The first-order valence-electron chi connectivity index (χ1n) is 9.04. The van der Waals surface area contributed by atoms with Crippen molar-refractivity contribution in [2.45, 2.75) is 18.9 Å². The lowest BCUT2D eigenvalue weighted by atomic mass is 10.0. The van der Waals surface area contributed by atoms with Gasteiger partial charge in [0.05, 0.1) is 31.0 Å². The van der Waals surface area contributed by atoms with Crippen LogP contribution in [0.1, 0.15) is 34.8 Å². The van der Waals surface area contributed by atoms with Crippen LogP contribution in [0.5, 0.6) is 0 Å². The van der Waals surface area contributed by atoms with Gasteiger partial charge in [-0.05, 0) is 42.3 Å². The quantitative estimate of drug-likeness (QED) is 0.703. The molecule has 1 atom stereocenters. The highest BCUT2D eigenvalue weighted by Crippen LogP contribution is 2.26. The van der Waals surface area contributed by atoms with Crippen LogP contribution >= 0.6 is 11.6 Å². The average molecular weight is 437 g/mol. The van der Waals surface area contributed by atoms with Crippen LogP contribution in [0.3, 0.4) is 0 Å². The summed E-state index contributed by atoms with van der Waals surface area (Å²) in [5.41, 5.74) is 1.45. The molecule has 7 nitrogen and oxygen atoms in total. The van der Waals surface area contributed by atoms with E-state index in [9.17, 15) is 18.0 Å². The molecule has 1 amide bonds. The number of methoxy groups -OCH3 is 1.